The van der Waals surface area contributed by atoms with Crippen LogP contribution in [0.1, 0.15) is 32.3 Å². The van der Waals surface area contributed by atoms with Crippen molar-refractivity contribution in [1.29, 1.82) is 0 Å². The fraction of sp³-hybridized carbons (Fsp3) is 0.429. The number of esters is 2. The first-order valence-corrected chi connectivity index (χ1v) is 13.9. The van der Waals surface area contributed by atoms with Gasteiger partial charge in [-0.25, -0.2) is 19.2 Å². The fourth-order valence-corrected chi connectivity index (χ4v) is 4.24. The van der Waals surface area contributed by atoms with Crippen LogP contribution in [0.2, 0.25) is 5.02 Å². The molecule has 0 bridgehead atoms. The predicted octanol–water partition coefficient (Wildman–Crippen LogP) is 3.30. The van der Waals surface area contributed by atoms with Crippen LogP contribution in [0.5, 0.6) is 0 Å². The Labute approximate surface area is 263 Å². The normalized spacial score (nSPS) is 15.1. The number of halogens is 1. The van der Waals surface area contributed by atoms with Crippen molar-refractivity contribution in [1.82, 2.24) is 10.6 Å². The van der Waals surface area contributed by atoms with Crippen LogP contribution in [-0.2, 0) is 42.8 Å². The van der Waals surface area contributed by atoms with Crippen molar-refractivity contribution in [3.8, 4) is 0 Å². The van der Waals surface area contributed by atoms with Gasteiger partial charge in [-0.3, -0.25) is 4.84 Å². The minimum Gasteiger partial charge on any atom is -0.466 e. The Balaban J connectivity index is 1.92. The first kappa shape index (κ1) is 36.4. The van der Waals surface area contributed by atoms with Gasteiger partial charge in [-0.05, 0) is 44.6 Å². The van der Waals surface area contributed by atoms with Crippen LogP contribution < -0.4 is 10.6 Å². The van der Waals surface area contributed by atoms with Crippen LogP contribution in [0, 0.1) is 10.1 Å². The molecule has 0 fully saturated rings. The SMILES string of the molecule is CCOC(=O)C1=C(COCCNC(=O)OC/C=C\COC(=O)OC(C)O[N+](=O)[O-])NC(C)=C(C(=O)OC)C1c1ccccc1Cl. The third-order valence-corrected chi connectivity index (χ3v) is 6.14. The second-order valence-corrected chi connectivity index (χ2v) is 9.25. The van der Waals surface area contributed by atoms with Crippen molar-refractivity contribution in [2.45, 2.75) is 33.0 Å². The van der Waals surface area contributed by atoms with Crippen molar-refractivity contribution in [2.24, 2.45) is 0 Å². The summed E-state index contributed by atoms with van der Waals surface area (Å²) in [4.78, 5) is 63.4. The van der Waals surface area contributed by atoms with Crippen LogP contribution in [0.4, 0.5) is 9.59 Å². The number of benzene rings is 1. The summed E-state index contributed by atoms with van der Waals surface area (Å²) in [6, 6.07) is 6.81. The standard InChI is InChI=1S/C28H34ClN3O13/c1-5-41-26(34)24-21(31-17(2)22(25(33)39-4)23(24)19-10-6-7-11-20(19)29)16-40-15-12-30-27(35)42-13-8-9-14-43-28(36)44-18(3)45-32(37)38/h6-11,18,23,31H,5,12-16H2,1-4H3,(H,30,35)/b9-8-. The Morgan fingerprint density at radius 3 is 2.42 bits per heavy atom. The van der Waals surface area contributed by atoms with E-state index >= 15 is 0 Å². The van der Waals surface area contributed by atoms with Crippen molar-refractivity contribution < 1.29 is 57.5 Å². The highest BCUT2D eigenvalue weighted by Gasteiger charge is 2.39. The van der Waals surface area contributed by atoms with E-state index in [2.05, 4.69) is 24.9 Å². The van der Waals surface area contributed by atoms with E-state index in [4.69, 9.17) is 30.5 Å². The van der Waals surface area contributed by atoms with E-state index in [1.165, 1.54) is 19.3 Å². The molecule has 2 rings (SSSR count). The second kappa shape index (κ2) is 18.7. The molecule has 1 aromatic rings. The number of allylic oxidation sites excluding steroid dienone is 1. The number of nitrogens with zero attached hydrogens (tertiary/aromatic N) is 1. The number of alkyl carbamates (subject to hydrolysis) is 1. The molecule has 17 heteroatoms. The van der Waals surface area contributed by atoms with E-state index < -0.39 is 41.5 Å². The van der Waals surface area contributed by atoms with Gasteiger partial charge in [0, 0.05) is 17.3 Å². The predicted molar refractivity (Wildman–Crippen MR) is 155 cm³/mol. The van der Waals surface area contributed by atoms with Crippen molar-refractivity contribution in [3.05, 3.63) is 79.7 Å². The average molecular weight is 656 g/mol. The highest BCUT2D eigenvalue weighted by molar-refractivity contribution is 6.31. The first-order chi connectivity index (χ1) is 21.5. The molecule has 16 nitrogen and oxygen atoms in total. The summed E-state index contributed by atoms with van der Waals surface area (Å²) in [6.45, 7) is 4.14. The van der Waals surface area contributed by atoms with Crippen LogP contribution in [-0.4, -0.2) is 82.3 Å². The molecule has 0 aliphatic carbocycles. The molecule has 0 spiro atoms. The first-order valence-electron chi connectivity index (χ1n) is 13.5. The molecule has 0 radical (unpaired) electrons. The number of carbonyl (C=O) groups excluding carboxylic acids is 4. The molecule has 1 aliphatic rings. The van der Waals surface area contributed by atoms with Gasteiger partial charge in [-0.15, -0.1) is 10.1 Å². The Morgan fingerprint density at radius 2 is 1.78 bits per heavy atom. The molecular formula is C28H34ClN3O13. The molecule has 1 amide bonds. The van der Waals surface area contributed by atoms with Gasteiger partial charge in [0.1, 0.15) is 13.2 Å². The highest BCUT2D eigenvalue weighted by Crippen LogP contribution is 2.41. The van der Waals surface area contributed by atoms with Crippen LogP contribution in [0.25, 0.3) is 0 Å². The lowest BCUT2D eigenvalue weighted by atomic mass is 9.80. The number of methoxy groups -OCH3 is 1. The van der Waals surface area contributed by atoms with Crippen molar-refractivity contribution in [3.63, 3.8) is 0 Å². The fourth-order valence-electron chi connectivity index (χ4n) is 4.00. The zero-order valence-electron chi connectivity index (χ0n) is 25.0. The number of carbonyl (C=O) groups is 4. The molecule has 2 unspecified atom stereocenters. The summed E-state index contributed by atoms with van der Waals surface area (Å²) in [5, 5.41) is 14.9. The van der Waals surface area contributed by atoms with Crippen LogP contribution in [0.15, 0.2) is 59.0 Å². The van der Waals surface area contributed by atoms with Crippen molar-refractivity contribution in [2.75, 3.05) is 46.7 Å². The lowest BCUT2D eigenvalue weighted by Crippen LogP contribution is -2.35. The van der Waals surface area contributed by atoms with E-state index in [9.17, 15) is 29.3 Å². The summed E-state index contributed by atoms with van der Waals surface area (Å²) in [7, 11) is 1.24. The zero-order valence-corrected chi connectivity index (χ0v) is 25.7. The molecule has 0 saturated heterocycles. The van der Waals surface area contributed by atoms with E-state index in [-0.39, 0.29) is 50.7 Å². The van der Waals surface area contributed by atoms with Gasteiger partial charge in [0.2, 0.25) is 6.29 Å². The zero-order chi connectivity index (χ0) is 33.4. The van der Waals surface area contributed by atoms with E-state index in [1.807, 2.05) is 0 Å². The quantitative estimate of drug-likeness (QED) is 0.0500. The van der Waals surface area contributed by atoms with Crippen molar-refractivity contribution >= 4 is 35.8 Å². The monoisotopic (exact) mass is 655 g/mol. The molecule has 0 aromatic heterocycles. The van der Waals surface area contributed by atoms with Gasteiger partial charge in [0.25, 0.3) is 5.09 Å². The smallest absolute Gasteiger partial charge is 0.466 e. The topological polar surface area (TPSA) is 200 Å². The summed E-state index contributed by atoms with van der Waals surface area (Å²) < 4.78 is 30.1. The van der Waals surface area contributed by atoms with E-state index in [0.29, 0.717) is 22.0 Å². The Bertz CT molecular complexity index is 1330. The number of amides is 1. The van der Waals surface area contributed by atoms with Gasteiger partial charge < -0.3 is 39.1 Å². The molecule has 1 aliphatic heterocycles. The Kier molecular flexibility index (Phi) is 15.2. The molecule has 2 atom stereocenters. The summed E-state index contributed by atoms with van der Waals surface area (Å²) >= 11 is 6.49. The average Bonchev–Trinajstić information content (AvgIpc) is 2.97. The van der Waals surface area contributed by atoms with E-state index in [1.54, 1.807) is 38.1 Å². The summed E-state index contributed by atoms with van der Waals surface area (Å²) in [6.07, 6.45) is -0.617. The van der Waals surface area contributed by atoms with Gasteiger partial charge in [0.05, 0.1) is 49.7 Å². The molecule has 1 heterocycles. The summed E-state index contributed by atoms with van der Waals surface area (Å²) in [5.74, 6) is -2.21. The second-order valence-electron chi connectivity index (χ2n) is 8.85. The van der Waals surface area contributed by atoms with Gasteiger partial charge in [-0.2, -0.15) is 0 Å². The highest BCUT2D eigenvalue weighted by atomic mass is 35.5. The maximum absolute atomic E-state index is 13.2. The van der Waals surface area contributed by atoms with Gasteiger partial charge in [0.15, 0.2) is 0 Å². The maximum atomic E-state index is 13.2. The number of hydrogen-bond acceptors (Lipinski definition) is 14. The lowest BCUT2D eigenvalue weighted by molar-refractivity contribution is -0.777. The molecule has 1 aromatic carbocycles. The minimum atomic E-state index is -1.44. The molecule has 2 N–H and O–H groups in total. The third kappa shape index (κ3) is 11.6. The molecule has 45 heavy (non-hydrogen) atoms. The van der Waals surface area contributed by atoms with Gasteiger partial charge in [-0.1, -0.05) is 29.8 Å². The Morgan fingerprint density at radius 1 is 1.09 bits per heavy atom. The Hall–Kier alpha value is -4.83. The number of rotatable bonds is 16. The number of hydrogen-bond donors (Lipinski definition) is 2. The lowest BCUT2D eigenvalue weighted by Gasteiger charge is -2.31. The number of dihydropyridines is 1. The maximum Gasteiger partial charge on any atom is 0.510 e. The van der Waals surface area contributed by atoms with Crippen LogP contribution >= 0.6 is 11.6 Å². The third-order valence-electron chi connectivity index (χ3n) is 5.80. The summed E-state index contributed by atoms with van der Waals surface area (Å²) in [5.41, 5.74) is 1.62. The molecule has 246 valence electrons. The largest absolute Gasteiger partial charge is 0.510 e. The minimum absolute atomic E-state index is 0.0319. The molecule has 0 saturated carbocycles. The number of nitrogens with one attached hydrogen (secondary N) is 2. The van der Waals surface area contributed by atoms with Crippen LogP contribution in [0.3, 0.4) is 0 Å². The molecular weight excluding hydrogens is 622 g/mol. The number of ether oxygens (including phenoxy) is 6. The van der Waals surface area contributed by atoms with Gasteiger partial charge >= 0.3 is 24.2 Å². The van der Waals surface area contributed by atoms with E-state index in [0.717, 1.165) is 6.92 Å².